The summed E-state index contributed by atoms with van der Waals surface area (Å²) >= 11 is 0. The standard InChI is InChI=1S/C14H20O5S2/c1-10-7-12(3)13(8-11(10)2)14(15)9-21(18,19)6-5-20(4,16)17/h7-8H,5-6,9H2,1-4H3. The van der Waals surface area contributed by atoms with Gasteiger partial charge in [-0.1, -0.05) is 6.07 Å². The van der Waals surface area contributed by atoms with E-state index in [0.29, 0.717) is 5.56 Å². The molecule has 0 aliphatic heterocycles. The third-order valence-electron chi connectivity index (χ3n) is 3.26. The summed E-state index contributed by atoms with van der Waals surface area (Å²) < 4.78 is 45.7. The molecule has 0 fully saturated rings. The third kappa shape index (κ3) is 5.59. The van der Waals surface area contributed by atoms with Gasteiger partial charge in [-0.3, -0.25) is 4.79 Å². The number of aryl methyl sites for hydroxylation is 3. The van der Waals surface area contributed by atoms with E-state index in [1.54, 1.807) is 13.0 Å². The molecular formula is C14H20O5S2. The molecule has 7 heteroatoms. The molecule has 5 nitrogen and oxygen atoms in total. The largest absolute Gasteiger partial charge is 0.293 e. The van der Waals surface area contributed by atoms with Crippen molar-refractivity contribution in [1.82, 2.24) is 0 Å². The molecule has 0 unspecified atom stereocenters. The molecule has 21 heavy (non-hydrogen) atoms. The molecule has 0 N–H and O–H groups in total. The monoisotopic (exact) mass is 332 g/mol. The Morgan fingerprint density at radius 2 is 1.43 bits per heavy atom. The zero-order valence-electron chi connectivity index (χ0n) is 12.6. The van der Waals surface area contributed by atoms with Crippen molar-refractivity contribution >= 4 is 25.5 Å². The molecule has 0 saturated carbocycles. The van der Waals surface area contributed by atoms with Crippen molar-refractivity contribution < 1.29 is 21.6 Å². The Labute approximate surface area is 126 Å². The van der Waals surface area contributed by atoms with Crippen LogP contribution in [0, 0.1) is 20.8 Å². The van der Waals surface area contributed by atoms with Gasteiger partial charge in [0.1, 0.15) is 15.6 Å². The highest BCUT2D eigenvalue weighted by Gasteiger charge is 2.21. The zero-order chi connectivity index (χ0) is 16.4. The Bertz CT molecular complexity index is 759. The SMILES string of the molecule is Cc1cc(C)c(C(=O)CS(=O)(=O)CCS(C)(=O)=O)cc1C. The minimum Gasteiger partial charge on any atom is -0.293 e. The lowest BCUT2D eigenvalue weighted by atomic mass is 9.99. The minimum atomic E-state index is -3.73. The van der Waals surface area contributed by atoms with Crippen molar-refractivity contribution in [3.8, 4) is 0 Å². The average molecular weight is 332 g/mol. The fourth-order valence-electron chi connectivity index (χ4n) is 1.89. The van der Waals surface area contributed by atoms with E-state index in [-0.39, 0.29) is 0 Å². The molecule has 0 saturated heterocycles. The number of carbonyl (C=O) groups is 1. The lowest BCUT2D eigenvalue weighted by molar-refractivity contribution is 0.102. The number of sulfone groups is 2. The summed E-state index contributed by atoms with van der Waals surface area (Å²) in [4.78, 5) is 12.1. The summed E-state index contributed by atoms with van der Waals surface area (Å²) in [6, 6.07) is 3.52. The lowest BCUT2D eigenvalue weighted by Crippen LogP contribution is -2.24. The second-order valence-electron chi connectivity index (χ2n) is 5.40. The number of ketones is 1. The van der Waals surface area contributed by atoms with Gasteiger partial charge in [-0.15, -0.1) is 0 Å². The van der Waals surface area contributed by atoms with Crippen LogP contribution in [-0.2, 0) is 19.7 Å². The molecule has 118 valence electrons. The van der Waals surface area contributed by atoms with Gasteiger partial charge in [0.15, 0.2) is 15.6 Å². The second kappa shape index (κ2) is 6.27. The van der Waals surface area contributed by atoms with Crippen molar-refractivity contribution in [2.24, 2.45) is 0 Å². The molecule has 1 aromatic carbocycles. The Morgan fingerprint density at radius 3 is 1.95 bits per heavy atom. The maximum Gasteiger partial charge on any atom is 0.178 e. The first-order valence-corrected chi connectivity index (χ1v) is 10.3. The topological polar surface area (TPSA) is 85.3 Å². The average Bonchev–Trinajstić information content (AvgIpc) is 2.30. The number of carbonyl (C=O) groups excluding carboxylic acids is 1. The highest BCUT2D eigenvalue weighted by molar-refractivity contribution is 7.95. The second-order valence-corrected chi connectivity index (χ2v) is 9.84. The van der Waals surface area contributed by atoms with E-state index < -0.39 is 42.7 Å². The molecule has 0 spiro atoms. The van der Waals surface area contributed by atoms with Crippen LogP contribution >= 0.6 is 0 Å². The van der Waals surface area contributed by atoms with Crippen LogP contribution in [0.3, 0.4) is 0 Å². The van der Waals surface area contributed by atoms with Crippen LogP contribution in [-0.4, -0.2) is 46.1 Å². The first-order chi connectivity index (χ1) is 9.41. The van der Waals surface area contributed by atoms with Crippen LogP contribution < -0.4 is 0 Å². The Hall–Kier alpha value is -1.21. The van der Waals surface area contributed by atoms with Gasteiger partial charge in [0, 0.05) is 11.8 Å². The summed E-state index contributed by atoms with van der Waals surface area (Å²) in [6.45, 7) is 5.52. The van der Waals surface area contributed by atoms with Gasteiger partial charge in [-0.25, -0.2) is 16.8 Å². The van der Waals surface area contributed by atoms with Gasteiger partial charge < -0.3 is 0 Å². The van der Waals surface area contributed by atoms with Crippen molar-refractivity contribution in [2.45, 2.75) is 20.8 Å². The smallest absolute Gasteiger partial charge is 0.178 e. The molecule has 0 bridgehead atoms. The number of Topliss-reactive ketones (excluding diaryl/α,β-unsaturated/α-hetero) is 1. The Morgan fingerprint density at radius 1 is 0.905 bits per heavy atom. The highest BCUT2D eigenvalue weighted by atomic mass is 32.2. The fraction of sp³-hybridized carbons (Fsp3) is 0.500. The summed E-state index contributed by atoms with van der Waals surface area (Å²) in [5, 5.41) is 0. The van der Waals surface area contributed by atoms with E-state index in [1.165, 1.54) is 0 Å². The number of benzene rings is 1. The summed E-state index contributed by atoms with van der Waals surface area (Å²) in [6.07, 6.45) is 0.970. The Balaban J connectivity index is 2.93. The normalized spacial score (nSPS) is 12.4. The lowest BCUT2D eigenvalue weighted by Gasteiger charge is -2.09. The van der Waals surface area contributed by atoms with Gasteiger partial charge >= 0.3 is 0 Å². The predicted molar refractivity (Wildman–Crippen MR) is 83.3 cm³/mol. The zero-order valence-corrected chi connectivity index (χ0v) is 14.3. The van der Waals surface area contributed by atoms with Gasteiger partial charge in [0.25, 0.3) is 0 Å². The first-order valence-electron chi connectivity index (χ1n) is 6.40. The number of hydrogen-bond donors (Lipinski definition) is 0. The van der Waals surface area contributed by atoms with Gasteiger partial charge in [-0.2, -0.15) is 0 Å². The van der Waals surface area contributed by atoms with Crippen LogP contribution in [0.15, 0.2) is 12.1 Å². The van der Waals surface area contributed by atoms with Crippen LogP contribution in [0.5, 0.6) is 0 Å². The van der Waals surface area contributed by atoms with Gasteiger partial charge in [0.05, 0.1) is 11.5 Å². The van der Waals surface area contributed by atoms with E-state index in [1.807, 2.05) is 19.9 Å². The van der Waals surface area contributed by atoms with E-state index in [2.05, 4.69) is 0 Å². The molecule has 0 heterocycles. The van der Waals surface area contributed by atoms with E-state index in [0.717, 1.165) is 22.9 Å². The van der Waals surface area contributed by atoms with Crippen LogP contribution in [0.1, 0.15) is 27.0 Å². The number of rotatable bonds is 6. The molecular weight excluding hydrogens is 312 g/mol. The minimum absolute atomic E-state index is 0.376. The molecule has 0 aliphatic rings. The summed E-state index contributed by atoms with van der Waals surface area (Å²) in [5.41, 5.74) is 3.05. The predicted octanol–water partition coefficient (Wildman–Crippen LogP) is 1.25. The summed E-state index contributed by atoms with van der Waals surface area (Å²) in [5.74, 6) is -2.15. The molecule has 0 amide bonds. The van der Waals surface area contributed by atoms with Gasteiger partial charge in [0.2, 0.25) is 0 Å². The molecule has 1 rings (SSSR count). The fourth-order valence-corrected chi connectivity index (χ4v) is 4.81. The van der Waals surface area contributed by atoms with Crippen molar-refractivity contribution in [2.75, 3.05) is 23.5 Å². The highest BCUT2D eigenvalue weighted by Crippen LogP contribution is 2.16. The molecule has 0 atom stereocenters. The molecule has 0 radical (unpaired) electrons. The maximum absolute atomic E-state index is 12.1. The van der Waals surface area contributed by atoms with Crippen molar-refractivity contribution in [3.05, 3.63) is 34.4 Å². The number of hydrogen-bond acceptors (Lipinski definition) is 5. The van der Waals surface area contributed by atoms with Crippen LogP contribution in [0.4, 0.5) is 0 Å². The van der Waals surface area contributed by atoms with Crippen LogP contribution in [0.2, 0.25) is 0 Å². The van der Waals surface area contributed by atoms with Crippen molar-refractivity contribution in [1.29, 1.82) is 0 Å². The third-order valence-corrected chi connectivity index (χ3v) is 5.99. The maximum atomic E-state index is 12.1. The van der Waals surface area contributed by atoms with Crippen LogP contribution in [0.25, 0.3) is 0 Å². The van der Waals surface area contributed by atoms with Crippen molar-refractivity contribution in [3.63, 3.8) is 0 Å². The molecule has 0 aromatic heterocycles. The summed E-state index contributed by atoms with van der Waals surface area (Å²) in [7, 11) is -7.10. The van der Waals surface area contributed by atoms with E-state index in [9.17, 15) is 21.6 Å². The molecule has 0 aliphatic carbocycles. The molecule has 1 aromatic rings. The van der Waals surface area contributed by atoms with Gasteiger partial charge in [-0.05, 0) is 43.5 Å². The quantitative estimate of drug-likeness (QED) is 0.732. The van der Waals surface area contributed by atoms with E-state index >= 15 is 0 Å². The van der Waals surface area contributed by atoms with E-state index in [4.69, 9.17) is 0 Å². The Kier molecular flexibility index (Phi) is 5.33. The first kappa shape index (κ1) is 17.8.